The first-order valence-electron chi connectivity index (χ1n) is 9.11. The normalized spacial score (nSPS) is 11.6. The third-order valence-electron chi connectivity index (χ3n) is 4.37. The zero-order valence-electron chi connectivity index (χ0n) is 16.2. The second-order valence-corrected chi connectivity index (χ2v) is 6.80. The maximum Gasteiger partial charge on any atom is 0.319 e. The van der Waals surface area contributed by atoms with Crippen LogP contribution >= 0.6 is 11.6 Å². The quantitative estimate of drug-likeness (QED) is 0.628. The fourth-order valence-electron chi connectivity index (χ4n) is 2.99. The van der Waals surface area contributed by atoms with Crippen LogP contribution in [-0.2, 0) is 17.6 Å². The van der Waals surface area contributed by atoms with Crippen LogP contribution in [0.2, 0.25) is 5.02 Å². The average molecular weight is 388 g/mol. The highest BCUT2D eigenvalue weighted by atomic mass is 35.5. The summed E-state index contributed by atoms with van der Waals surface area (Å²) in [4.78, 5) is 23.8. The second-order valence-electron chi connectivity index (χ2n) is 6.39. The maximum absolute atomic E-state index is 12.6. The number of hydrogen-bond acceptors (Lipinski definition) is 2. The minimum atomic E-state index is -0.293. The van der Waals surface area contributed by atoms with Crippen molar-refractivity contribution in [2.75, 3.05) is 10.6 Å². The van der Waals surface area contributed by atoms with E-state index in [0.717, 1.165) is 35.2 Å². The highest BCUT2D eigenvalue weighted by molar-refractivity contribution is 6.32. The standard InChI is InChI=1S/C21H26ClN3O2/c1-5-15-10-11-19(22)18(6-2)20(15)25-21(27)23-13(3)16-8-7-9-17(12-16)24-14(4)26/h7-13H,5-6H2,1-4H3,(H,24,26)(H2,23,25,27)/t13-/m1/s1. The van der Waals surface area contributed by atoms with Crippen molar-refractivity contribution < 1.29 is 9.59 Å². The average Bonchev–Trinajstić information content (AvgIpc) is 2.61. The lowest BCUT2D eigenvalue weighted by Crippen LogP contribution is -2.32. The van der Waals surface area contributed by atoms with Crippen molar-refractivity contribution in [3.05, 3.63) is 58.1 Å². The highest BCUT2D eigenvalue weighted by Gasteiger charge is 2.15. The van der Waals surface area contributed by atoms with Crippen molar-refractivity contribution in [1.82, 2.24) is 5.32 Å². The minimum Gasteiger partial charge on any atom is -0.331 e. The smallest absolute Gasteiger partial charge is 0.319 e. The van der Waals surface area contributed by atoms with Gasteiger partial charge in [-0.25, -0.2) is 4.79 Å². The number of halogens is 1. The molecular formula is C21H26ClN3O2. The van der Waals surface area contributed by atoms with Gasteiger partial charge >= 0.3 is 6.03 Å². The van der Waals surface area contributed by atoms with Gasteiger partial charge in [0, 0.05) is 17.6 Å². The van der Waals surface area contributed by atoms with Crippen LogP contribution in [0.25, 0.3) is 0 Å². The molecule has 0 spiro atoms. The van der Waals surface area contributed by atoms with E-state index in [1.165, 1.54) is 6.92 Å². The monoisotopic (exact) mass is 387 g/mol. The summed E-state index contributed by atoms with van der Waals surface area (Å²) in [5.74, 6) is -0.134. The Bertz CT molecular complexity index is 836. The van der Waals surface area contributed by atoms with Crippen LogP contribution in [0, 0.1) is 0 Å². The number of nitrogens with one attached hydrogen (secondary N) is 3. The van der Waals surface area contributed by atoms with Gasteiger partial charge in [0.2, 0.25) is 5.91 Å². The Hall–Kier alpha value is -2.53. The topological polar surface area (TPSA) is 70.2 Å². The van der Waals surface area contributed by atoms with Gasteiger partial charge in [-0.05, 0) is 54.7 Å². The highest BCUT2D eigenvalue weighted by Crippen LogP contribution is 2.29. The predicted molar refractivity (Wildman–Crippen MR) is 112 cm³/mol. The van der Waals surface area contributed by atoms with Crippen molar-refractivity contribution >= 4 is 34.9 Å². The summed E-state index contributed by atoms with van der Waals surface area (Å²) in [5, 5.41) is 9.31. The molecule has 0 radical (unpaired) electrons. The number of anilines is 2. The first-order valence-corrected chi connectivity index (χ1v) is 9.48. The number of carbonyl (C=O) groups is 2. The van der Waals surface area contributed by atoms with E-state index in [1.807, 2.05) is 57.2 Å². The van der Waals surface area contributed by atoms with Gasteiger partial charge in [0.05, 0.1) is 11.7 Å². The van der Waals surface area contributed by atoms with Gasteiger partial charge in [0.1, 0.15) is 0 Å². The van der Waals surface area contributed by atoms with Gasteiger partial charge in [-0.1, -0.05) is 43.6 Å². The van der Waals surface area contributed by atoms with Gasteiger partial charge in [0.15, 0.2) is 0 Å². The Morgan fingerprint density at radius 2 is 1.81 bits per heavy atom. The molecule has 0 unspecified atom stereocenters. The zero-order chi connectivity index (χ0) is 20.0. The summed E-state index contributed by atoms with van der Waals surface area (Å²) in [6.45, 7) is 7.41. The molecule has 0 saturated carbocycles. The van der Waals surface area contributed by atoms with Crippen LogP contribution in [0.4, 0.5) is 16.2 Å². The zero-order valence-corrected chi connectivity index (χ0v) is 16.9. The lowest BCUT2D eigenvalue weighted by atomic mass is 10.0. The van der Waals surface area contributed by atoms with Crippen LogP contribution in [-0.4, -0.2) is 11.9 Å². The third-order valence-corrected chi connectivity index (χ3v) is 4.72. The summed E-state index contributed by atoms with van der Waals surface area (Å²) in [6.07, 6.45) is 1.53. The molecule has 0 heterocycles. The summed E-state index contributed by atoms with van der Waals surface area (Å²) in [5.41, 5.74) is 4.36. The second kappa shape index (κ2) is 9.42. The molecular weight excluding hydrogens is 362 g/mol. The first kappa shape index (κ1) is 20.8. The molecule has 0 saturated heterocycles. The largest absolute Gasteiger partial charge is 0.331 e. The minimum absolute atomic E-state index is 0.134. The Kier molecular flexibility index (Phi) is 7.25. The number of hydrogen-bond donors (Lipinski definition) is 3. The van der Waals surface area contributed by atoms with E-state index < -0.39 is 0 Å². The molecule has 0 aliphatic heterocycles. The molecule has 0 aliphatic rings. The Morgan fingerprint density at radius 1 is 1.07 bits per heavy atom. The molecule has 0 bridgehead atoms. The summed E-state index contributed by atoms with van der Waals surface area (Å²) in [6, 6.07) is 10.7. The van der Waals surface area contributed by atoms with Crippen LogP contribution in [0.5, 0.6) is 0 Å². The van der Waals surface area contributed by atoms with Crippen molar-refractivity contribution in [3.8, 4) is 0 Å². The van der Waals surface area contributed by atoms with Crippen LogP contribution in [0.1, 0.15) is 50.4 Å². The van der Waals surface area contributed by atoms with Crippen molar-refractivity contribution in [3.63, 3.8) is 0 Å². The summed E-state index contributed by atoms with van der Waals surface area (Å²) < 4.78 is 0. The Morgan fingerprint density at radius 3 is 2.44 bits per heavy atom. The van der Waals surface area contributed by atoms with E-state index in [0.29, 0.717) is 10.7 Å². The molecule has 2 aromatic rings. The third kappa shape index (κ3) is 5.47. The number of aryl methyl sites for hydroxylation is 1. The van der Waals surface area contributed by atoms with E-state index in [4.69, 9.17) is 11.6 Å². The molecule has 6 heteroatoms. The summed E-state index contributed by atoms with van der Waals surface area (Å²) in [7, 11) is 0. The van der Waals surface area contributed by atoms with E-state index in [1.54, 1.807) is 0 Å². The van der Waals surface area contributed by atoms with E-state index in [-0.39, 0.29) is 18.0 Å². The fourth-order valence-corrected chi connectivity index (χ4v) is 3.28. The Labute approximate surface area is 165 Å². The van der Waals surface area contributed by atoms with Gasteiger partial charge in [0.25, 0.3) is 0 Å². The first-order chi connectivity index (χ1) is 12.8. The Balaban J connectivity index is 2.14. The van der Waals surface area contributed by atoms with Crippen molar-refractivity contribution in [1.29, 1.82) is 0 Å². The molecule has 0 fully saturated rings. The molecule has 0 aromatic heterocycles. The van der Waals surface area contributed by atoms with Crippen molar-refractivity contribution in [2.45, 2.75) is 46.6 Å². The molecule has 3 N–H and O–H groups in total. The summed E-state index contributed by atoms with van der Waals surface area (Å²) >= 11 is 6.30. The maximum atomic E-state index is 12.6. The van der Waals surface area contributed by atoms with Gasteiger partial charge in [-0.15, -0.1) is 0 Å². The van der Waals surface area contributed by atoms with E-state index in [2.05, 4.69) is 16.0 Å². The van der Waals surface area contributed by atoms with Crippen molar-refractivity contribution in [2.24, 2.45) is 0 Å². The fraction of sp³-hybridized carbons (Fsp3) is 0.333. The molecule has 5 nitrogen and oxygen atoms in total. The molecule has 2 rings (SSSR count). The van der Waals surface area contributed by atoms with Crippen LogP contribution in [0.3, 0.4) is 0 Å². The van der Waals surface area contributed by atoms with Gasteiger partial charge in [-0.2, -0.15) is 0 Å². The number of benzene rings is 2. The lowest BCUT2D eigenvalue weighted by molar-refractivity contribution is -0.114. The lowest BCUT2D eigenvalue weighted by Gasteiger charge is -2.19. The molecule has 27 heavy (non-hydrogen) atoms. The van der Waals surface area contributed by atoms with E-state index in [9.17, 15) is 9.59 Å². The predicted octanol–water partition coefficient (Wildman–Crippen LogP) is 5.31. The number of carbonyl (C=O) groups excluding carboxylic acids is 2. The number of amides is 3. The van der Waals surface area contributed by atoms with Gasteiger partial charge < -0.3 is 16.0 Å². The van der Waals surface area contributed by atoms with Crippen LogP contribution < -0.4 is 16.0 Å². The molecule has 144 valence electrons. The van der Waals surface area contributed by atoms with Crippen LogP contribution in [0.15, 0.2) is 36.4 Å². The number of rotatable bonds is 6. The molecule has 3 amide bonds. The molecule has 2 aromatic carbocycles. The number of urea groups is 1. The van der Waals surface area contributed by atoms with Gasteiger partial charge in [-0.3, -0.25) is 4.79 Å². The van der Waals surface area contributed by atoms with E-state index >= 15 is 0 Å². The molecule has 1 atom stereocenters. The molecule has 0 aliphatic carbocycles. The SMILES string of the molecule is CCc1ccc(Cl)c(CC)c1NC(=O)N[C@H](C)c1cccc(NC(C)=O)c1.